The molecule has 8 heteroatoms. The molecule has 2 N–H and O–H groups in total. The maximum atomic E-state index is 12.8. The predicted molar refractivity (Wildman–Crippen MR) is 104 cm³/mol. The van der Waals surface area contributed by atoms with Gasteiger partial charge in [0.15, 0.2) is 11.5 Å². The highest BCUT2D eigenvalue weighted by Gasteiger charge is 2.56. The first-order valence-electron chi connectivity index (χ1n) is 9.26. The van der Waals surface area contributed by atoms with Crippen molar-refractivity contribution in [3.63, 3.8) is 0 Å². The Morgan fingerprint density at radius 3 is 2.52 bits per heavy atom. The fourth-order valence-corrected chi connectivity index (χ4v) is 3.23. The summed E-state index contributed by atoms with van der Waals surface area (Å²) in [5.74, 6) is 1.79. The van der Waals surface area contributed by atoms with Gasteiger partial charge in [0, 0.05) is 12.6 Å². The molecule has 0 spiro atoms. The number of methoxy groups -OCH3 is 2. The summed E-state index contributed by atoms with van der Waals surface area (Å²) in [7, 11) is 3.06. The number of amides is 2. The van der Waals surface area contributed by atoms with E-state index in [4.69, 9.17) is 18.9 Å². The van der Waals surface area contributed by atoms with Crippen LogP contribution >= 0.6 is 0 Å². The summed E-state index contributed by atoms with van der Waals surface area (Å²) in [6, 6.07) is 10.6. The number of ether oxygens (including phenoxy) is 4. The molecule has 1 fully saturated rings. The van der Waals surface area contributed by atoms with E-state index in [1.54, 1.807) is 31.4 Å². The van der Waals surface area contributed by atoms with E-state index in [2.05, 4.69) is 10.6 Å². The van der Waals surface area contributed by atoms with E-state index in [0.717, 1.165) is 5.56 Å². The smallest absolute Gasteiger partial charge is 0.240 e. The van der Waals surface area contributed by atoms with E-state index >= 15 is 0 Å². The lowest BCUT2D eigenvalue weighted by Crippen LogP contribution is -2.39. The largest absolute Gasteiger partial charge is 0.497 e. The van der Waals surface area contributed by atoms with Crippen molar-refractivity contribution in [1.29, 1.82) is 0 Å². The number of anilines is 1. The first-order valence-corrected chi connectivity index (χ1v) is 9.26. The molecule has 4 rings (SSSR count). The zero-order chi connectivity index (χ0) is 20.4. The summed E-state index contributed by atoms with van der Waals surface area (Å²) >= 11 is 0. The van der Waals surface area contributed by atoms with Gasteiger partial charge in [-0.2, -0.15) is 0 Å². The van der Waals surface area contributed by atoms with E-state index in [1.807, 2.05) is 12.1 Å². The number of carbonyl (C=O) groups is 2. The van der Waals surface area contributed by atoms with Crippen LogP contribution < -0.4 is 29.6 Å². The lowest BCUT2D eigenvalue weighted by atomic mass is 10.0. The van der Waals surface area contributed by atoms with Crippen molar-refractivity contribution in [2.24, 2.45) is 5.41 Å². The summed E-state index contributed by atoms with van der Waals surface area (Å²) in [5, 5.41) is 5.67. The molecule has 0 unspecified atom stereocenters. The van der Waals surface area contributed by atoms with Crippen LogP contribution in [-0.2, 0) is 16.1 Å². The summed E-state index contributed by atoms with van der Waals surface area (Å²) in [5.41, 5.74) is 0.310. The maximum absolute atomic E-state index is 12.8. The van der Waals surface area contributed by atoms with Crippen LogP contribution in [-0.4, -0.2) is 32.8 Å². The van der Waals surface area contributed by atoms with E-state index in [-0.39, 0.29) is 18.6 Å². The van der Waals surface area contributed by atoms with Crippen LogP contribution in [0.5, 0.6) is 23.0 Å². The molecular formula is C21H22N2O6. The molecule has 1 aliphatic carbocycles. The number of fused-ring (bicyclic) bond motifs is 1. The van der Waals surface area contributed by atoms with Gasteiger partial charge in [-0.1, -0.05) is 6.07 Å². The Morgan fingerprint density at radius 1 is 1.00 bits per heavy atom. The number of benzene rings is 2. The molecule has 0 aromatic heterocycles. The monoisotopic (exact) mass is 398 g/mol. The maximum Gasteiger partial charge on any atom is 0.240 e. The lowest BCUT2D eigenvalue weighted by molar-refractivity contribution is -0.134. The molecule has 0 radical (unpaired) electrons. The average molecular weight is 398 g/mol. The SMILES string of the molecule is COc1ccc(NC(=O)C2(C(=O)NCc3ccc4c(c3)OCO4)CC2)c(OC)c1. The fraction of sp³-hybridized carbons (Fsp3) is 0.333. The quantitative estimate of drug-likeness (QED) is 0.696. The lowest BCUT2D eigenvalue weighted by Gasteiger charge is -2.17. The van der Waals surface area contributed by atoms with Crippen LogP contribution in [0.2, 0.25) is 0 Å². The van der Waals surface area contributed by atoms with E-state index < -0.39 is 5.41 Å². The third-order valence-electron chi connectivity index (χ3n) is 5.17. The van der Waals surface area contributed by atoms with Gasteiger partial charge in [0.25, 0.3) is 0 Å². The van der Waals surface area contributed by atoms with E-state index in [9.17, 15) is 9.59 Å². The molecule has 2 amide bonds. The van der Waals surface area contributed by atoms with E-state index in [1.165, 1.54) is 7.11 Å². The normalized spacial score (nSPS) is 15.4. The third-order valence-corrected chi connectivity index (χ3v) is 5.17. The minimum absolute atomic E-state index is 0.198. The summed E-state index contributed by atoms with van der Waals surface area (Å²) < 4.78 is 21.1. The second kappa shape index (κ2) is 7.54. The van der Waals surface area contributed by atoms with Gasteiger partial charge in [-0.15, -0.1) is 0 Å². The molecule has 152 valence electrons. The topological polar surface area (TPSA) is 95.1 Å². The molecule has 0 atom stereocenters. The Balaban J connectivity index is 1.40. The van der Waals surface area contributed by atoms with Crippen LogP contribution in [0, 0.1) is 5.41 Å². The highest BCUT2D eigenvalue weighted by molar-refractivity contribution is 6.13. The molecule has 2 aliphatic rings. The molecule has 29 heavy (non-hydrogen) atoms. The number of rotatable bonds is 7. The van der Waals surface area contributed by atoms with Crippen molar-refractivity contribution in [1.82, 2.24) is 5.32 Å². The van der Waals surface area contributed by atoms with Crippen molar-refractivity contribution in [3.05, 3.63) is 42.0 Å². The Hall–Kier alpha value is -3.42. The molecule has 0 bridgehead atoms. The predicted octanol–water partition coefficient (Wildman–Crippen LogP) is 2.47. The van der Waals surface area contributed by atoms with Gasteiger partial charge in [-0.05, 0) is 42.7 Å². The Labute approximate surface area is 168 Å². The number of carbonyl (C=O) groups excluding carboxylic acids is 2. The molecule has 2 aromatic carbocycles. The van der Waals surface area contributed by atoms with Gasteiger partial charge < -0.3 is 29.6 Å². The molecule has 2 aromatic rings. The van der Waals surface area contributed by atoms with Crippen LogP contribution in [0.4, 0.5) is 5.69 Å². The Bertz CT molecular complexity index is 954. The highest BCUT2D eigenvalue weighted by Crippen LogP contribution is 2.47. The van der Waals surface area contributed by atoms with Gasteiger partial charge in [-0.3, -0.25) is 9.59 Å². The molecular weight excluding hydrogens is 376 g/mol. The van der Waals surface area contributed by atoms with Crippen molar-refractivity contribution >= 4 is 17.5 Å². The minimum atomic E-state index is -1.05. The van der Waals surface area contributed by atoms with Gasteiger partial charge in [0.1, 0.15) is 16.9 Å². The zero-order valence-corrected chi connectivity index (χ0v) is 16.2. The van der Waals surface area contributed by atoms with Gasteiger partial charge in [0.2, 0.25) is 18.6 Å². The second-order valence-electron chi connectivity index (χ2n) is 6.97. The molecule has 1 aliphatic heterocycles. The number of nitrogens with one attached hydrogen (secondary N) is 2. The van der Waals surface area contributed by atoms with Crippen LogP contribution in [0.3, 0.4) is 0 Å². The number of hydrogen-bond acceptors (Lipinski definition) is 6. The van der Waals surface area contributed by atoms with Crippen molar-refractivity contribution in [3.8, 4) is 23.0 Å². The fourth-order valence-electron chi connectivity index (χ4n) is 3.23. The molecule has 0 saturated heterocycles. The van der Waals surface area contributed by atoms with Crippen molar-refractivity contribution in [2.75, 3.05) is 26.3 Å². The summed E-state index contributed by atoms with van der Waals surface area (Å²) in [4.78, 5) is 25.6. The highest BCUT2D eigenvalue weighted by atomic mass is 16.7. The van der Waals surface area contributed by atoms with Crippen LogP contribution in [0.15, 0.2) is 36.4 Å². The van der Waals surface area contributed by atoms with Crippen LogP contribution in [0.1, 0.15) is 18.4 Å². The standard InChI is InChI=1S/C21H22N2O6/c1-26-14-4-5-15(17(10-14)27-2)23-20(25)21(7-8-21)19(24)22-11-13-3-6-16-18(9-13)29-12-28-16/h3-6,9-10H,7-8,11-12H2,1-2H3,(H,22,24)(H,23,25). The summed E-state index contributed by atoms with van der Waals surface area (Å²) in [6.07, 6.45) is 1.01. The van der Waals surface area contributed by atoms with Gasteiger partial charge >= 0.3 is 0 Å². The number of hydrogen-bond donors (Lipinski definition) is 2. The van der Waals surface area contributed by atoms with Crippen molar-refractivity contribution in [2.45, 2.75) is 19.4 Å². The summed E-state index contributed by atoms with van der Waals surface area (Å²) in [6.45, 7) is 0.500. The Morgan fingerprint density at radius 2 is 1.79 bits per heavy atom. The third kappa shape index (κ3) is 3.65. The Kier molecular flexibility index (Phi) is 4.92. The second-order valence-corrected chi connectivity index (χ2v) is 6.97. The zero-order valence-electron chi connectivity index (χ0n) is 16.2. The minimum Gasteiger partial charge on any atom is -0.497 e. The van der Waals surface area contributed by atoms with Gasteiger partial charge in [-0.25, -0.2) is 0 Å². The molecule has 1 saturated carbocycles. The first kappa shape index (κ1) is 18.9. The van der Waals surface area contributed by atoms with Gasteiger partial charge in [0.05, 0.1) is 19.9 Å². The van der Waals surface area contributed by atoms with Crippen LogP contribution in [0.25, 0.3) is 0 Å². The van der Waals surface area contributed by atoms with E-state index in [0.29, 0.717) is 48.1 Å². The molecule has 1 heterocycles. The average Bonchev–Trinajstić information content (AvgIpc) is 3.43. The first-order chi connectivity index (χ1) is 14.1. The molecule has 8 nitrogen and oxygen atoms in total. The van der Waals surface area contributed by atoms with Crippen molar-refractivity contribution < 1.29 is 28.5 Å².